The molecule has 2 aromatic carbocycles. The first kappa shape index (κ1) is 23.6. The lowest BCUT2D eigenvalue weighted by atomic mass is 10.1. The van der Waals surface area contributed by atoms with Gasteiger partial charge in [-0.05, 0) is 55.3 Å². The Morgan fingerprint density at radius 3 is 2.67 bits per heavy atom. The van der Waals surface area contributed by atoms with E-state index < -0.39 is 24.0 Å². The summed E-state index contributed by atoms with van der Waals surface area (Å²) in [5.41, 5.74) is 6.29. The number of anilines is 1. The summed E-state index contributed by atoms with van der Waals surface area (Å²) in [6, 6.07) is 13.7. The Hall–Kier alpha value is -4.10. The highest BCUT2D eigenvalue weighted by molar-refractivity contribution is 5.94. The van der Waals surface area contributed by atoms with Gasteiger partial charge in [0.05, 0.1) is 23.8 Å². The summed E-state index contributed by atoms with van der Waals surface area (Å²) in [6.45, 7) is 0.272. The lowest BCUT2D eigenvalue weighted by Crippen LogP contribution is -2.50. The number of nitrogens with zero attached hydrogens (tertiary/aromatic N) is 2. The molecule has 2 aromatic rings. The van der Waals surface area contributed by atoms with Crippen molar-refractivity contribution in [1.29, 1.82) is 5.26 Å². The number of primary amides is 1. The molecular formula is C23H25N5O5. The highest BCUT2D eigenvalue weighted by Gasteiger charge is 2.29. The normalized spacial score (nSPS) is 17.9. The summed E-state index contributed by atoms with van der Waals surface area (Å²) in [5, 5.41) is 25.1. The van der Waals surface area contributed by atoms with Crippen LogP contribution in [-0.4, -0.2) is 59.7 Å². The van der Waals surface area contributed by atoms with Crippen molar-refractivity contribution in [2.24, 2.45) is 5.73 Å². The molecule has 1 saturated heterocycles. The van der Waals surface area contributed by atoms with Crippen LogP contribution in [0.1, 0.15) is 28.8 Å². The van der Waals surface area contributed by atoms with Crippen molar-refractivity contribution in [3.05, 3.63) is 59.7 Å². The second-order valence-corrected chi connectivity index (χ2v) is 7.64. The fourth-order valence-corrected chi connectivity index (χ4v) is 3.45. The zero-order valence-electron chi connectivity index (χ0n) is 17.9. The molecule has 0 unspecified atom stereocenters. The number of likely N-dealkylation sites (tertiary alicyclic amines) is 1. The molecule has 4 amide bonds. The van der Waals surface area contributed by atoms with Gasteiger partial charge in [-0.25, -0.2) is 4.79 Å². The number of rotatable bonds is 6. The quantitative estimate of drug-likeness (QED) is 0.517. The highest BCUT2D eigenvalue weighted by Crippen LogP contribution is 2.17. The smallest absolute Gasteiger partial charge is 0.321 e. The van der Waals surface area contributed by atoms with Gasteiger partial charge in [0, 0.05) is 24.3 Å². The molecule has 1 heterocycles. The van der Waals surface area contributed by atoms with Crippen molar-refractivity contribution in [2.75, 3.05) is 25.0 Å². The van der Waals surface area contributed by atoms with Crippen molar-refractivity contribution in [3.63, 3.8) is 0 Å². The molecule has 2 atom stereocenters. The molecule has 10 nitrogen and oxygen atoms in total. The van der Waals surface area contributed by atoms with Gasteiger partial charge in [0.1, 0.15) is 5.75 Å². The number of amides is 4. The Morgan fingerprint density at radius 1 is 1.21 bits per heavy atom. The zero-order valence-corrected chi connectivity index (χ0v) is 17.9. The molecule has 0 radical (unpaired) electrons. The van der Waals surface area contributed by atoms with Gasteiger partial charge >= 0.3 is 6.03 Å². The number of ether oxygens (including phenoxy) is 1. The SMILES string of the molecule is N#Cc1cccc(NC(=O)N2CCC[C@@H](O)[C@H](NC(=O)c3ccc(OCC(N)=O)cc3)C2)c1. The Morgan fingerprint density at radius 2 is 1.97 bits per heavy atom. The summed E-state index contributed by atoms with van der Waals surface area (Å²) >= 11 is 0. The van der Waals surface area contributed by atoms with Crippen molar-refractivity contribution < 1.29 is 24.2 Å². The average molecular weight is 451 g/mol. The van der Waals surface area contributed by atoms with Crippen LogP contribution < -0.4 is 21.1 Å². The Balaban J connectivity index is 1.62. The first-order chi connectivity index (χ1) is 15.9. The van der Waals surface area contributed by atoms with Gasteiger partial charge < -0.3 is 31.1 Å². The molecule has 1 aliphatic heterocycles. The van der Waals surface area contributed by atoms with Gasteiger partial charge in [0.2, 0.25) is 0 Å². The van der Waals surface area contributed by atoms with E-state index in [9.17, 15) is 19.5 Å². The largest absolute Gasteiger partial charge is 0.484 e. The first-order valence-electron chi connectivity index (χ1n) is 10.4. The van der Waals surface area contributed by atoms with Crippen LogP contribution in [0.2, 0.25) is 0 Å². The maximum Gasteiger partial charge on any atom is 0.321 e. The number of carbonyl (C=O) groups is 3. The van der Waals surface area contributed by atoms with Crippen molar-refractivity contribution in [1.82, 2.24) is 10.2 Å². The molecule has 0 aliphatic carbocycles. The minimum absolute atomic E-state index is 0.122. The second kappa shape index (κ2) is 11.0. The van der Waals surface area contributed by atoms with Crippen LogP contribution in [0.4, 0.5) is 10.5 Å². The van der Waals surface area contributed by atoms with Crippen molar-refractivity contribution >= 4 is 23.5 Å². The van der Waals surface area contributed by atoms with Crippen LogP contribution in [0.15, 0.2) is 48.5 Å². The van der Waals surface area contributed by atoms with Gasteiger partial charge in [0.25, 0.3) is 11.8 Å². The number of hydrogen-bond donors (Lipinski definition) is 4. The standard InChI is InChI=1S/C23H25N5O5/c24-12-15-3-1-4-17(11-15)26-23(32)28-10-2-5-20(29)19(13-28)27-22(31)16-6-8-18(9-7-16)33-14-21(25)30/h1,3-4,6-9,11,19-20,29H,2,5,10,13-14H2,(H2,25,30)(H,26,32)(H,27,31)/t19-,20-/m1/s1. The molecule has 10 heteroatoms. The minimum Gasteiger partial charge on any atom is -0.484 e. The van der Waals surface area contributed by atoms with E-state index in [1.807, 2.05) is 6.07 Å². The Kier molecular flexibility index (Phi) is 7.83. The third kappa shape index (κ3) is 6.69. The number of aliphatic hydroxyl groups is 1. The molecule has 1 fully saturated rings. The first-order valence-corrected chi connectivity index (χ1v) is 10.4. The summed E-state index contributed by atoms with van der Waals surface area (Å²) in [6.07, 6.45) is 0.190. The molecule has 33 heavy (non-hydrogen) atoms. The van der Waals surface area contributed by atoms with E-state index >= 15 is 0 Å². The molecule has 1 aliphatic rings. The molecule has 172 valence electrons. The van der Waals surface area contributed by atoms with Crippen LogP contribution in [0.3, 0.4) is 0 Å². The summed E-state index contributed by atoms with van der Waals surface area (Å²) in [4.78, 5) is 37.8. The number of nitriles is 1. The van der Waals surface area contributed by atoms with Crippen LogP contribution >= 0.6 is 0 Å². The van der Waals surface area contributed by atoms with Crippen LogP contribution in [0, 0.1) is 11.3 Å². The third-order valence-electron chi connectivity index (χ3n) is 5.15. The van der Waals surface area contributed by atoms with E-state index in [4.69, 9.17) is 15.7 Å². The Labute approximate surface area is 190 Å². The number of nitrogens with one attached hydrogen (secondary N) is 2. The van der Waals surface area contributed by atoms with Crippen molar-refractivity contribution in [2.45, 2.75) is 25.0 Å². The lowest BCUT2D eigenvalue weighted by molar-refractivity contribution is -0.119. The van der Waals surface area contributed by atoms with Crippen LogP contribution in [-0.2, 0) is 4.79 Å². The van der Waals surface area contributed by atoms with Crippen molar-refractivity contribution in [3.8, 4) is 11.8 Å². The zero-order chi connectivity index (χ0) is 23.8. The number of benzene rings is 2. The Bertz CT molecular complexity index is 1050. The predicted molar refractivity (Wildman–Crippen MR) is 119 cm³/mol. The fraction of sp³-hybridized carbons (Fsp3) is 0.304. The third-order valence-corrected chi connectivity index (χ3v) is 5.15. The lowest BCUT2D eigenvalue weighted by Gasteiger charge is -2.27. The topological polar surface area (TPSA) is 158 Å². The van der Waals surface area contributed by atoms with Gasteiger partial charge in [0.15, 0.2) is 6.61 Å². The number of aliphatic hydroxyl groups excluding tert-OH is 1. The van der Waals surface area contributed by atoms with E-state index in [1.165, 1.54) is 29.2 Å². The summed E-state index contributed by atoms with van der Waals surface area (Å²) < 4.78 is 5.17. The molecule has 5 N–H and O–H groups in total. The van der Waals surface area contributed by atoms with Gasteiger partial charge in [-0.2, -0.15) is 5.26 Å². The van der Waals surface area contributed by atoms with E-state index in [-0.39, 0.29) is 19.2 Å². The second-order valence-electron chi connectivity index (χ2n) is 7.64. The summed E-state index contributed by atoms with van der Waals surface area (Å²) in [5.74, 6) is -0.627. The van der Waals surface area contributed by atoms with E-state index in [1.54, 1.807) is 24.3 Å². The molecule has 0 spiro atoms. The van der Waals surface area contributed by atoms with Crippen LogP contribution in [0.25, 0.3) is 0 Å². The highest BCUT2D eigenvalue weighted by atomic mass is 16.5. The maximum atomic E-state index is 12.8. The van der Waals surface area contributed by atoms with Gasteiger partial charge in [-0.15, -0.1) is 0 Å². The maximum absolute atomic E-state index is 12.8. The monoisotopic (exact) mass is 451 g/mol. The van der Waals surface area contributed by atoms with E-state index in [2.05, 4.69) is 10.6 Å². The van der Waals surface area contributed by atoms with Gasteiger partial charge in [-0.1, -0.05) is 6.07 Å². The van der Waals surface area contributed by atoms with Crippen LogP contribution in [0.5, 0.6) is 5.75 Å². The van der Waals surface area contributed by atoms with Gasteiger partial charge in [-0.3, -0.25) is 9.59 Å². The summed E-state index contributed by atoms with van der Waals surface area (Å²) in [7, 11) is 0. The van der Waals surface area contributed by atoms with E-state index in [0.29, 0.717) is 42.0 Å². The molecule has 0 saturated carbocycles. The molecule has 3 rings (SSSR count). The fourth-order valence-electron chi connectivity index (χ4n) is 3.45. The molecule has 0 aromatic heterocycles. The minimum atomic E-state index is -0.813. The number of urea groups is 1. The number of nitrogens with two attached hydrogens (primary N) is 1. The number of carbonyl (C=O) groups excluding carboxylic acids is 3. The number of hydrogen-bond acceptors (Lipinski definition) is 6. The van der Waals surface area contributed by atoms with E-state index in [0.717, 1.165) is 0 Å². The molecule has 0 bridgehead atoms. The predicted octanol–water partition coefficient (Wildman–Crippen LogP) is 1.21. The molecular weight excluding hydrogens is 426 g/mol. The average Bonchev–Trinajstić information content (AvgIpc) is 2.99.